The Labute approximate surface area is 174 Å². The zero-order chi connectivity index (χ0) is 21.2. The van der Waals surface area contributed by atoms with Crippen LogP contribution in [0.25, 0.3) is 0 Å². The molecule has 0 aliphatic carbocycles. The summed E-state index contributed by atoms with van der Waals surface area (Å²) in [6.07, 6.45) is 2.28. The molecule has 1 aromatic carbocycles. The SMILES string of the molecule is CC(C)CC1(C)NC(=N)N(CC2CCCN(S(=O)(=O)Cc3ccccc3)C2)C1=O. The molecule has 160 valence electrons. The second-order valence-electron chi connectivity index (χ2n) is 8.93. The van der Waals surface area contributed by atoms with E-state index in [1.807, 2.05) is 37.3 Å². The molecule has 0 bridgehead atoms. The van der Waals surface area contributed by atoms with Gasteiger partial charge >= 0.3 is 0 Å². The summed E-state index contributed by atoms with van der Waals surface area (Å²) >= 11 is 0. The fourth-order valence-electron chi connectivity index (χ4n) is 4.47. The summed E-state index contributed by atoms with van der Waals surface area (Å²) in [7, 11) is -3.41. The van der Waals surface area contributed by atoms with E-state index in [2.05, 4.69) is 19.2 Å². The van der Waals surface area contributed by atoms with E-state index in [1.165, 1.54) is 4.90 Å². The average Bonchev–Trinajstić information content (AvgIpc) is 2.85. The Morgan fingerprint density at radius 3 is 2.62 bits per heavy atom. The second-order valence-corrected chi connectivity index (χ2v) is 10.9. The van der Waals surface area contributed by atoms with Crippen LogP contribution in [0.5, 0.6) is 0 Å². The lowest BCUT2D eigenvalue weighted by molar-refractivity contribution is -0.131. The molecule has 2 aliphatic heterocycles. The van der Waals surface area contributed by atoms with Crippen LogP contribution in [0.4, 0.5) is 0 Å². The van der Waals surface area contributed by atoms with Gasteiger partial charge in [0.05, 0.1) is 5.75 Å². The second kappa shape index (κ2) is 8.44. The summed E-state index contributed by atoms with van der Waals surface area (Å²) in [5.41, 5.74) is 0.0266. The highest BCUT2D eigenvalue weighted by Gasteiger charge is 2.46. The topological polar surface area (TPSA) is 93.6 Å². The largest absolute Gasteiger partial charge is 0.342 e. The summed E-state index contributed by atoms with van der Waals surface area (Å²) in [6, 6.07) is 9.20. The molecule has 0 aromatic heterocycles. The maximum absolute atomic E-state index is 13.0. The number of nitrogens with one attached hydrogen (secondary N) is 2. The number of rotatable bonds is 7. The first-order valence-electron chi connectivity index (χ1n) is 10.3. The molecule has 2 N–H and O–H groups in total. The molecule has 0 saturated carbocycles. The van der Waals surface area contributed by atoms with Gasteiger partial charge in [0.15, 0.2) is 5.96 Å². The quantitative estimate of drug-likeness (QED) is 0.708. The number of nitrogens with zero attached hydrogens (tertiary/aromatic N) is 2. The van der Waals surface area contributed by atoms with Crippen molar-refractivity contribution in [2.24, 2.45) is 11.8 Å². The van der Waals surface area contributed by atoms with Crippen molar-refractivity contribution in [1.29, 1.82) is 5.41 Å². The van der Waals surface area contributed by atoms with Gasteiger partial charge in [0.25, 0.3) is 5.91 Å². The summed E-state index contributed by atoms with van der Waals surface area (Å²) in [4.78, 5) is 14.5. The van der Waals surface area contributed by atoms with Gasteiger partial charge in [0.2, 0.25) is 10.0 Å². The van der Waals surface area contributed by atoms with E-state index in [4.69, 9.17) is 5.41 Å². The third kappa shape index (κ3) is 4.98. The lowest BCUT2D eigenvalue weighted by Gasteiger charge is -2.34. The Hall–Kier alpha value is -1.93. The highest BCUT2D eigenvalue weighted by Crippen LogP contribution is 2.28. The van der Waals surface area contributed by atoms with E-state index in [1.54, 1.807) is 4.31 Å². The third-order valence-corrected chi connectivity index (χ3v) is 7.52. The van der Waals surface area contributed by atoms with Gasteiger partial charge in [0, 0.05) is 19.6 Å². The number of benzene rings is 1. The zero-order valence-electron chi connectivity index (χ0n) is 17.5. The van der Waals surface area contributed by atoms with E-state index in [0.29, 0.717) is 32.0 Å². The van der Waals surface area contributed by atoms with Crippen LogP contribution in [-0.4, -0.2) is 54.7 Å². The fourth-order valence-corrected chi connectivity index (χ4v) is 6.12. The number of carbonyl (C=O) groups excluding carboxylic acids is 1. The minimum Gasteiger partial charge on any atom is -0.342 e. The van der Waals surface area contributed by atoms with Crippen molar-refractivity contribution in [2.75, 3.05) is 19.6 Å². The Kier molecular flexibility index (Phi) is 6.33. The van der Waals surface area contributed by atoms with Gasteiger partial charge in [0.1, 0.15) is 5.54 Å². The normalized spacial score (nSPS) is 26.2. The Morgan fingerprint density at radius 2 is 1.97 bits per heavy atom. The summed E-state index contributed by atoms with van der Waals surface area (Å²) in [5, 5.41) is 11.3. The Balaban J connectivity index is 1.65. The third-order valence-electron chi connectivity index (χ3n) is 5.71. The smallest absolute Gasteiger partial charge is 0.254 e. The van der Waals surface area contributed by atoms with E-state index in [9.17, 15) is 13.2 Å². The van der Waals surface area contributed by atoms with Crippen molar-refractivity contribution in [2.45, 2.75) is 51.3 Å². The fraction of sp³-hybridized carbons (Fsp3) is 0.619. The highest BCUT2D eigenvalue weighted by atomic mass is 32.2. The van der Waals surface area contributed by atoms with Crippen molar-refractivity contribution >= 4 is 21.9 Å². The molecule has 3 rings (SSSR count). The number of guanidine groups is 1. The molecule has 7 nitrogen and oxygen atoms in total. The van der Waals surface area contributed by atoms with E-state index >= 15 is 0 Å². The van der Waals surface area contributed by atoms with Crippen molar-refractivity contribution in [3.63, 3.8) is 0 Å². The molecule has 0 radical (unpaired) electrons. The summed E-state index contributed by atoms with van der Waals surface area (Å²) in [6.45, 7) is 7.26. The average molecular weight is 421 g/mol. The van der Waals surface area contributed by atoms with Crippen LogP contribution >= 0.6 is 0 Å². The van der Waals surface area contributed by atoms with Crippen LogP contribution in [0, 0.1) is 17.2 Å². The van der Waals surface area contributed by atoms with Gasteiger partial charge in [-0.05, 0) is 43.6 Å². The first-order chi connectivity index (χ1) is 13.6. The minimum absolute atomic E-state index is 0.00691. The van der Waals surface area contributed by atoms with Gasteiger partial charge in [-0.3, -0.25) is 15.1 Å². The van der Waals surface area contributed by atoms with Crippen LogP contribution < -0.4 is 5.32 Å². The predicted octanol–water partition coefficient (Wildman–Crippen LogP) is 2.40. The molecule has 8 heteroatoms. The van der Waals surface area contributed by atoms with Crippen LogP contribution in [0.1, 0.15) is 45.6 Å². The molecule has 2 aliphatic rings. The maximum Gasteiger partial charge on any atom is 0.254 e. The molecule has 2 saturated heterocycles. The molecule has 2 fully saturated rings. The number of sulfonamides is 1. The van der Waals surface area contributed by atoms with Gasteiger partial charge in [-0.15, -0.1) is 0 Å². The van der Waals surface area contributed by atoms with Gasteiger partial charge in [-0.25, -0.2) is 12.7 Å². The highest BCUT2D eigenvalue weighted by molar-refractivity contribution is 7.88. The lowest BCUT2D eigenvalue weighted by atomic mass is 9.90. The zero-order valence-corrected chi connectivity index (χ0v) is 18.3. The van der Waals surface area contributed by atoms with Gasteiger partial charge < -0.3 is 5.32 Å². The standard InChI is InChI=1S/C21H32N4O3S/c1-16(2)12-21(3)19(26)25(20(22)23-21)14-18-10-7-11-24(13-18)29(27,28)15-17-8-5-4-6-9-17/h4-6,8-9,16,18H,7,10-15H2,1-3H3,(H2,22,23). The molecular weight excluding hydrogens is 388 g/mol. The van der Waals surface area contributed by atoms with Crippen LogP contribution in [0.2, 0.25) is 0 Å². The number of carbonyl (C=O) groups is 1. The molecule has 29 heavy (non-hydrogen) atoms. The maximum atomic E-state index is 13.0. The number of hydrogen-bond acceptors (Lipinski definition) is 4. The Morgan fingerprint density at radius 1 is 1.28 bits per heavy atom. The first-order valence-corrected chi connectivity index (χ1v) is 11.9. The minimum atomic E-state index is -3.41. The van der Waals surface area contributed by atoms with Crippen molar-refractivity contribution in [3.8, 4) is 0 Å². The van der Waals surface area contributed by atoms with Crippen molar-refractivity contribution in [1.82, 2.24) is 14.5 Å². The predicted molar refractivity (Wildman–Crippen MR) is 114 cm³/mol. The van der Waals surface area contributed by atoms with E-state index in [-0.39, 0.29) is 23.5 Å². The van der Waals surface area contributed by atoms with Crippen LogP contribution in [-0.2, 0) is 20.6 Å². The molecule has 2 atom stereocenters. The summed E-state index contributed by atoms with van der Waals surface area (Å²) in [5.74, 6) is 0.398. The number of hydrogen-bond donors (Lipinski definition) is 2. The van der Waals surface area contributed by atoms with Crippen LogP contribution in [0.15, 0.2) is 30.3 Å². The molecule has 2 heterocycles. The Bertz CT molecular complexity index is 856. The number of amides is 1. The lowest BCUT2D eigenvalue weighted by Crippen LogP contribution is -2.47. The van der Waals surface area contributed by atoms with Gasteiger partial charge in [-0.1, -0.05) is 44.2 Å². The number of piperidine rings is 1. The molecule has 2 unspecified atom stereocenters. The molecule has 0 spiro atoms. The molecule has 1 aromatic rings. The van der Waals surface area contributed by atoms with Crippen LogP contribution in [0.3, 0.4) is 0 Å². The van der Waals surface area contributed by atoms with Crippen molar-refractivity contribution in [3.05, 3.63) is 35.9 Å². The first kappa shape index (κ1) is 21.8. The molecule has 1 amide bonds. The van der Waals surface area contributed by atoms with Gasteiger partial charge in [-0.2, -0.15) is 0 Å². The summed E-state index contributed by atoms with van der Waals surface area (Å²) < 4.78 is 27.3. The molecular formula is C21H32N4O3S. The monoisotopic (exact) mass is 420 g/mol. The van der Waals surface area contributed by atoms with Crippen molar-refractivity contribution < 1.29 is 13.2 Å². The van der Waals surface area contributed by atoms with E-state index in [0.717, 1.165) is 18.4 Å². The van der Waals surface area contributed by atoms with E-state index < -0.39 is 15.6 Å².